The number of hydrogen-bond acceptors (Lipinski definition) is 4. The van der Waals surface area contributed by atoms with E-state index in [2.05, 4.69) is 5.32 Å². The minimum Gasteiger partial charge on any atom is -0.351 e. The molecule has 0 saturated carbocycles. The highest BCUT2D eigenvalue weighted by Gasteiger charge is 2.33. The van der Waals surface area contributed by atoms with Gasteiger partial charge < -0.3 is 5.32 Å². The molecule has 1 aliphatic rings. The summed E-state index contributed by atoms with van der Waals surface area (Å²) < 4.78 is 27.0. The largest absolute Gasteiger partial charge is 0.351 e. The first-order valence-corrected chi connectivity index (χ1v) is 11.6. The van der Waals surface area contributed by atoms with E-state index in [4.69, 9.17) is 23.2 Å². The lowest BCUT2D eigenvalue weighted by Crippen LogP contribution is -2.42. The number of carbonyl (C=O) groups is 1. The van der Waals surface area contributed by atoms with Gasteiger partial charge in [0.1, 0.15) is 4.90 Å². The van der Waals surface area contributed by atoms with Crippen molar-refractivity contribution in [2.75, 3.05) is 13.1 Å². The number of rotatable bonds is 5. The Bertz CT molecular complexity index is 936. The highest BCUT2D eigenvalue weighted by atomic mass is 35.5. The molecule has 0 bridgehead atoms. The summed E-state index contributed by atoms with van der Waals surface area (Å²) in [6, 6.07) is 8.42. The fraction of sp³-hybridized carbons (Fsp3) is 0.389. The van der Waals surface area contributed by atoms with E-state index in [0.717, 1.165) is 4.88 Å². The third-order valence-electron chi connectivity index (χ3n) is 4.57. The van der Waals surface area contributed by atoms with Crippen molar-refractivity contribution in [3.05, 3.63) is 50.1 Å². The molecule has 9 heteroatoms. The van der Waals surface area contributed by atoms with Gasteiger partial charge in [-0.1, -0.05) is 23.2 Å². The molecule has 1 amide bonds. The molecule has 1 aliphatic heterocycles. The molecule has 5 nitrogen and oxygen atoms in total. The molecule has 2 heterocycles. The van der Waals surface area contributed by atoms with Crippen molar-refractivity contribution in [2.45, 2.75) is 31.2 Å². The van der Waals surface area contributed by atoms with E-state index in [-0.39, 0.29) is 34.8 Å². The molecule has 27 heavy (non-hydrogen) atoms. The number of halogens is 2. The second kappa shape index (κ2) is 8.49. The number of piperidine rings is 1. The van der Waals surface area contributed by atoms with Gasteiger partial charge in [0.25, 0.3) is 0 Å². The van der Waals surface area contributed by atoms with E-state index in [9.17, 15) is 13.2 Å². The maximum Gasteiger partial charge on any atom is 0.244 e. The molecule has 0 aliphatic carbocycles. The van der Waals surface area contributed by atoms with Crippen molar-refractivity contribution in [3.63, 3.8) is 0 Å². The number of aryl methyl sites for hydroxylation is 1. The van der Waals surface area contributed by atoms with Crippen LogP contribution in [0, 0.1) is 12.8 Å². The number of hydrogen-bond donors (Lipinski definition) is 1. The van der Waals surface area contributed by atoms with Crippen molar-refractivity contribution in [1.29, 1.82) is 0 Å². The van der Waals surface area contributed by atoms with Gasteiger partial charge in [0.05, 0.1) is 11.6 Å². The Kier molecular flexibility index (Phi) is 6.48. The van der Waals surface area contributed by atoms with E-state index in [1.54, 1.807) is 17.4 Å². The Hall–Kier alpha value is -1.12. The Morgan fingerprint density at radius 1 is 1.22 bits per heavy atom. The number of amides is 1. The van der Waals surface area contributed by atoms with Gasteiger partial charge >= 0.3 is 0 Å². The second-order valence-corrected chi connectivity index (χ2v) is 10.6. The van der Waals surface area contributed by atoms with E-state index < -0.39 is 10.0 Å². The number of thiophene rings is 1. The summed E-state index contributed by atoms with van der Waals surface area (Å²) in [4.78, 5) is 14.7. The molecule has 0 spiro atoms. The smallest absolute Gasteiger partial charge is 0.244 e. The quantitative estimate of drug-likeness (QED) is 0.751. The van der Waals surface area contributed by atoms with Crippen molar-refractivity contribution in [2.24, 2.45) is 5.92 Å². The molecular weight excluding hydrogens is 427 g/mol. The van der Waals surface area contributed by atoms with E-state index >= 15 is 0 Å². The van der Waals surface area contributed by atoms with Gasteiger partial charge in [-0.25, -0.2) is 8.42 Å². The molecule has 0 unspecified atom stereocenters. The van der Waals surface area contributed by atoms with E-state index in [0.29, 0.717) is 24.4 Å². The fourth-order valence-electron chi connectivity index (χ4n) is 3.07. The molecule has 1 fully saturated rings. The van der Waals surface area contributed by atoms with Crippen LogP contribution >= 0.6 is 34.5 Å². The molecule has 1 aromatic carbocycles. The normalized spacial score (nSPS) is 16.4. The average Bonchev–Trinajstić information content (AvgIpc) is 3.07. The van der Waals surface area contributed by atoms with Gasteiger partial charge in [-0.2, -0.15) is 4.31 Å². The van der Waals surface area contributed by atoms with Crippen molar-refractivity contribution in [1.82, 2.24) is 9.62 Å². The molecule has 3 rings (SSSR count). The van der Waals surface area contributed by atoms with Crippen LogP contribution in [0.5, 0.6) is 0 Å². The van der Waals surface area contributed by atoms with Crippen molar-refractivity contribution in [3.8, 4) is 0 Å². The molecular formula is C18H20Cl2N2O3S2. The van der Waals surface area contributed by atoms with Crippen molar-refractivity contribution < 1.29 is 13.2 Å². The Morgan fingerprint density at radius 2 is 1.93 bits per heavy atom. The third kappa shape index (κ3) is 4.84. The first kappa shape index (κ1) is 20.6. The summed E-state index contributed by atoms with van der Waals surface area (Å²) in [5.41, 5.74) is 0. The summed E-state index contributed by atoms with van der Waals surface area (Å²) in [5.74, 6) is -0.216. The van der Waals surface area contributed by atoms with Crippen LogP contribution in [0.2, 0.25) is 10.0 Å². The van der Waals surface area contributed by atoms with Gasteiger partial charge in [0.2, 0.25) is 15.9 Å². The predicted molar refractivity (Wildman–Crippen MR) is 109 cm³/mol. The van der Waals surface area contributed by atoms with Crippen LogP contribution in [-0.4, -0.2) is 31.7 Å². The predicted octanol–water partition coefficient (Wildman–Crippen LogP) is 4.08. The zero-order valence-electron chi connectivity index (χ0n) is 14.7. The highest BCUT2D eigenvalue weighted by molar-refractivity contribution is 7.89. The Balaban J connectivity index is 1.59. The summed E-state index contributed by atoms with van der Waals surface area (Å²) in [7, 11) is -3.73. The molecule has 1 aromatic heterocycles. The molecule has 146 valence electrons. The number of nitrogens with one attached hydrogen (secondary N) is 1. The molecule has 2 aromatic rings. The maximum absolute atomic E-state index is 12.8. The van der Waals surface area contributed by atoms with Crippen LogP contribution in [-0.2, 0) is 21.4 Å². The van der Waals surface area contributed by atoms with Crippen molar-refractivity contribution >= 4 is 50.5 Å². The molecule has 0 atom stereocenters. The number of benzene rings is 1. The van der Waals surface area contributed by atoms with E-state index in [1.165, 1.54) is 21.3 Å². The Labute approximate surface area is 173 Å². The molecule has 0 radical (unpaired) electrons. The topological polar surface area (TPSA) is 66.5 Å². The number of carbonyl (C=O) groups excluding carboxylic acids is 1. The lowest BCUT2D eigenvalue weighted by molar-refractivity contribution is -0.126. The highest BCUT2D eigenvalue weighted by Crippen LogP contribution is 2.30. The van der Waals surface area contributed by atoms with Gasteiger partial charge in [-0.3, -0.25) is 4.79 Å². The molecule has 1 saturated heterocycles. The van der Waals surface area contributed by atoms with Gasteiger partial charge in [0, 0.05) is 33.8 Å². The number of nitrogens with zero attached hydrogens (tertiary/aromatic N) is 1. The molecule has 1 N–H and O–H groups in total. The summed E-state index contributed by atoms with van der Waals surface area (Å²) in [6.07, 6.45) is 0.958. The van der Waals surface area contributed by atoms with E-state index in [1.807, 2.05) is 19.1 Å². The van der Waals surface area contributed by atoms with Crippen LogP contribution < -0.4 is 5.32 Å². The maximum atomic E-state index is 12.8. The Morgan fingerprint density at radius 3 is 2.56 bits per heavy atom. The van der Waals surface area contributed by atoms with Crippen LogP contribution in [0.4, 0.5) is 0 Å². The van der Waals surface area contributed by atoms with Crippen LogP contribution in [0.3, 0.4) is 0 Å². The number of sulfonamides is 1. The second-order valence-electron chi connectivity index (χ2n) is 6.48. The zero-order chi connectivity index (χ0) is 19.6. The summed E-state index contributed by atoms with van der Waals surface area (Å²) in [6.45, 7) is 3.09. The van der Waals surface area contributed by atoms with Gasteiger partial charge in [-0.05, 0) is 50.1 Å². The summed E-state index contributed by atoms with van der Waals surface area (Å²) in [5, 5.41) is 3.41. The minimum atomic E-state index is -3.73. The van der Waals surface area contributed by atoms with Crippen LogP contribution in [0.25, 0.3) is 0 Å². The summed E-state index contributed by atoms with van der Waals surface area (Å²) >= 11 is 13.6. The lowest BCUT2D eigenvalue weighted by atomic mass is 9.97. The first-order valence-electron chi connectivity index (χ1n) is 8.55. The monoisotopic (exact) mass is 446 g/mol. The standard InChI is InChI=1S/C18H20Cl2N2O3S2/c1-12-2-4-15(26-12)11-21-18(23)13-6-8-22(9-7-13)27(24,25)17-10-14(19)3-5-16(17)20/h2-5,10,13H,6-9,11H2,1H3,(H,21,23). The fourth-order valence-corrected chi connectivity index (χ4v) is 6.11. The zero-order valence-corrected chi connectivity index (χ0v) is 17.9. The minimum absolute atomic E-state index is 0.00707. The SMILES string of the molecule is Cc1ccc(CNC(=O)C2CCN(S(=O)(=O)c3cc(Cl)ccc3Cl)CC2)s1. The average molecular weight is 447 g/mol. The first-order chi connectivity index (χ1) is 12.8. The third-order valence-corrected chi connectivity index (χ3v) is 8.18. The van der Waals surface area contributed by atoms with Gasteiger partial charge in [-0.15, -0.1) is 11.3 Å². The van der Waals surface area contributed by atoms with Crippen LogP contribution in [0.15, 0.2) is 35.2 Å². The van der Waals surface area contributed by atoms with Crippen LogP contribution in [0.1, 0.15) is 22.6 Å². The van der Waals surface area contributed by atoms with Gasteiger partial charge in [0.15, 0.2) is 0 Å². The lowest BCUT2D eigenvalue weighted by Gasteiger charge is -2.30.